The summed E-state index contributed by atoms with van der Waals surface area (Å²) >= 11 is 7.62. The van der Waals surface area contributed by atoms with E-state index >= 15 is 0 Å². The Hall–Kier alpha value is -0.860. The molecule has 0 saturated carbocycles. The smallest absolute Gasteiger partial charge is 0.191 e. The summed E-state index contributed by atoms with van der Waals surface area (Å²) in [5.74, 6) is 0.826. The highest BCUT2D eigenvalue weighted by Gasteiger charge is 2.05. The summed E-state index contributed by atoms with van der Waals surface area (Å²) < 4.78 is 0. The van der Waals surface area contributed by atoms with Crippen LogP contribution in [0.25, 0.3) is 0 Å². The number of rotatable bonds is 6. The Morgan fingerprint density at radius 1 is 1.21 bits per heavy atom. The Morgan fingerprint density at radius 2 is 1.92 bits per heavy atom. The molecule has 0 radical (unpaired) electrons. The minimum absolute atomic E-state index is 0. The topological polar surface area (TPSA) is 49.3 Å². The van der Waals surface area contributed by atoms with Gasteiger partial charge in [0.25, 0.3) is 0 Å². The molecule has 0 spiro atoms. The lowest BCUT2D eigenvalue weighted by Crippen LogP contribution is -2.37. The first-order chi connectivity index (χ1) is 11.1. The molecule has 4 nitrogen and oxygen atoms in total. The van der Waals surface area contributed by atoms with Gasteiger partial charge in [-0.2, -0.15) is 0 Å². The molecule has 1 aromatic carbocycles. The first-order valence-electron chi connectivity index (χ1n) is 7.70. The van der Waals surface area contributed by atoms with Gasteiger partial charge in [-0.15, -0.1) is 35.3 Å². The van der Waals surface area contributed by atoms with Gasteiger partial charge in [0.15, 0.2) is 5.96 Å². The molecule has 0 aliphatic carbocycles. The number of nitrogens with zero attached hydrogens (tertiary/aromatic N) is 2. The van der Waals surface area contributed by atoms with E-state index < -0.39 is 0 Å². The molecule has 0 bridgehead atoms. The average molecular weight is 479 g/mol. The van der Waals surface area contributed by atoms with Crippen LogP contribution in [0.3, 0.4) is 0 Å². The molecule has 0 amide bonds. The SMILES string of the molecule is CN=C(NCCCc1ccc(Cl)cc1)NCc1sc(C)nc1C.I. The highest BCUT2D eigenvalue weighted by atomic mass is 127. The number of benzene rings is 1. The van der Waals surface area contributed by atoms with Crippen molar-refractivity contribution in [2.45, 2.75) is 33.2 Å². The Morgan fingerprint density at radius 3 is 2.50 bits per heavy atom. The molecule has 0 atom stereocenters. The second kappa shape index (κ2) is 10.9. The third-order valence-electron chi connectivity index (χ3n) is 3.49. The van der Waals surface area contributed by atoms with Crippen molar-refractivity contribution in [2.75, 3.05) is 13.6 Å². The number of guanidine groups is 1. The molecule has 7 heteroatoms. The van der Waals surface area contributed by atoms with Crippen molar-refractivity contribution < 1.29 is 0 Å². The van der Waals surface area contributed by atoms with Crippen LogP contribution in [0.15, 0.2) is 29.3 Å². The van der Waals surface area contributed by atoms with Crippen LogP contribution in [0.2, 0.25) is 5.02 Å². The van der Waals surface area contributed by atoms with Crippen LogP contribution in [-0.2, 0) is 13.0 Å². The Labute approximate surface area is 170 Å². The van der Waals surface area contributed by atoms with Crippen molar-refractivity contribution >= 4 is 52.9 Å². The molecule has 1 heterocycles. The number of aryl methyl sites for hydroxylation is 3. The maximum atomic E-state index is 5.89. The maximum absolute atomic E-state index is 5.89. The van der Waals surface area contributed by atoms with E-state index in [-0.39, 0.29) is 24.0 Å². The van der Waals surface area contributed by atoms with Crippen molar-refractivity contribution in [3.05, 3.63) is 50.4 Å². The van der Waals surface area contributed by atoms with Gasteiger partial charge in [0, 0.05) is 23.5 Å². The minimum Gasteiger partial charge on any atom is -0.356 e. The van der Waals surface area contributed by atoms with Gasteiger partial charge in [-0.1, -0.05) is 23.7 Å². The summed E-state index contributed by atoms with van der Waals surface area (Å²) in [5, 5.41) is 8.57. The number of aliphatic imine (C=N–C) groups is 1. The van der Waals surface area contributed by atoms with Crippen molar-refractivity contribution in [3.63, 3.8) is 0 Å². The number of nitrogens with one attached hydrogen (secondary N) is 2. The van der Waals surface area contributed by atoms with Crippen molar-refractivity contribution in [1.29, 1.82) is 0 Å². The molecule has 132 valence electrons. The third-order valence-corrected chi connectivity index (χ3v) is 4.81. The van der Waals surface area contributed by atoms with E-state index in [1.807, 2.05) is 26.0 Å². The average Bonchev–Trinajstić information content (AvgIpc) is 2.86. The van der Waals surface area contributed by atoms with Gasteiger partial charge in [-0.05, 0) is 44.4 Å². The molecule has 24 heavy (non-hydrogen) atoms. The molecule has 2 aromatic rings. The van der Waals surface area contributed by atoms with Gasteiger partial charge >= 0.3 is 0 Å². The standard InChI is InChI=1S/C17H23ClN4S.HI/c1-12-16(23-13(2)22-12)11-21-17(19-3)20-10-4-5-14-6-8-15(18)9-7-14;/h6-9H,4-5,10-11H2,1-3H3,(H2,19,20,21);1H. The summed E-state index contributed by atoms with van der Waals surface area (Å²) in [7, 11) is 1.79. The van der Waals surface area contributed by atoms with Gasteiger partial charge < -0.3 is 10.6 Å². The fourth-order valence-electron chi connectivity index (χ4n) is 2.27. The Balaban J connectivity index is 0.00000288. The molecule has 0 unspecified atom stereocenters. The molecule has 0 saturated heterocycles. The minimum atomic E-state index is 0. The van der Waals surface area contributed by atoms with Gasteiger partial charge in [0.2, 0.25) is 0 Å². The largest absolute Gasteiger partial charge is 0.356 e. The summed E-state index contributed by atoms with van der Waals surface area (Å²) in [6.07, 6.45) is 2.06. The van der Waals surface area contributed by atoms with E-state index in [1.54, 1.807) is 18.4 Å². The molecule has 0 fully saturated rings. The monoisotopic (exact) mass is 478 g/mol. The molecule has 0 aliphatic rings. The summed E-state index contributed by atoms with van der Waals surface area (Å²) in [6.45, 7) is 5.71. The lowest BCUT2D eigenvalue weighted by molar-refractivity contribution is 0.743. The quantitative estimate of drug-likeness (QED) is 0.281. The Bertz CT molecular complexity index is 655. The molecule has 0 aliphatic heterocycles. The molecule has 2 rings (SSSR count). The summed E-state index contributed by atoms with van der Waals surface area (Å²) in [6, 6.07) is 8.02. The van der Waals surface area contributed by atoms with Gasteiger partial charge in [-0.3, -0.25) is 4.99 Å². The Kier molecular flexibility index (Phi) is 9.61. The number of hydrogen-bond donors (Lipinski definition) is 2. The van der Waals surface area contributed by atoms with Crippen LogP contribution in [0.1, 0.15) is 27.6 Å². The first kappa shape index (κ1) is 21.2. The molecular weight excluding hydrogens is 455 g/mol. The molecular formula is C17H24ClIN4S. The zero-order valence-corrected chi connectivity index (χ0v) is 18.1. The van der Waals surface area contributed by atoms with Crippen LogP contribution >= 0.6 is 46.9 Å². The van der Waals surface area contributed by atoms with Crippen molar-refractivity contribution in [1.82, 2.24) is 15.6 Å². The third kappa shape index (κ3) is 6.94. The normalized spacial score (nSPS) is 11.1. The van der Waals surface area contributed by atoms with E-state index in [9.17, 15) is 0 Å². The predicted molar refractivity (Wildman–Crippen MR) is 115 cm³/mol. The predicted octanol–water partition coefficient (Wildman–Crippen LogP) is 4.33. The number of hydrogen-bond acceptors (Lipinski definition) is 3. The zero-order chi connectivity index (χ0) is 16.7. The van der Waals surface area contributed by atoms with Gasteiger partial charge in [-0.25, -0.2) is 4.98 Å². The van der Waals surface area contributed by atoms with Crippen molar-refractivity contribution in [3.8, 4) is 0 Å². The summed E-state index contributed by atoms with van der Waals surface area (Å²) in [5.41, 5.74) is 2.40. The van der Waals surface area contributed by atoms with Crippen LogP contribution in [0.5, 0.6) is 0 Å². The second-order valence-corrected chi connectivity index (χ2v) is 7.05. The highest BCUT2D eigenvalue weighted by Crippen LogP contribution is 2.16. The van der Waals surface area contributed by atoms with E-state index in [4.69, 9.17) is 11.6 Å². The van der Waals surface area contributed by atoms with Crippen LogP contribution in [0, 0.1) is 13.8 Å². The van der Waals surface area contributed by atoms with E-state index in [0.29, 0.717) is 0 Å². The number of aromatic nitrogens is 1. The molecule has 2 N–H and O–H groups in total. The number of thiazole rings is 1. The fraction of sp³-hybridized carbons (Fsp3) is 0.412. The summed E-state index contributed by atoms with van der Waals surface area (Å²) in [4.78, 5) is 9.95. The van der Waals surface area contributed by atoms with Crippen molar-refractivity contribution in [2.24, 2.45) is 4.99 Å². The fourth-order valence-corrected chi connectivity index (χ4v) is 3.28. The van der Waals surface area contributed by atoms with E-state index in [0.717, 1.165) is 47.6 Å². The molecule has 1 aromatic heterocycles. The zero-order valence-electron chi connectivity index (χ0n) is 14.2. The van der Waals surface area contributed by atoms with Crippen LogP contribution < -0.4 is 10.6 Å². The van der Waals surface area contributed by atoms with Crippen LogP contribution in [-0.4, -0.2) is 24.5 Å². The maximum Gasteiger partial charge on any atom is 0.191 e. The highest BCUT2D eigenvalue weighted by molar-refractivity contribution is 14.0. The second-order valence-electron chi connectivity index (χ2n) is 5.32. The van der Waals surface area contributed by atoms with E-state index in [1.165, 1.54) is 10.4 Å². The lowest BCUT2D eigenvalue weighted by Gasteiger charge is -2.11. The van der Waals surface area contributed by atoms with E-state index in [2.05, 4.69) is 32.7 Å². The lowest BCUT2D eigenvalue weighted by atomic mass is 10.1. The van der Waals surface area contributed by atoms with Crippen LogP contribution in [0.4, 0.5) is 0 Å². The van der Waals surface area contributed by atoms with Gasteiger partial charge in [0.05, 0.1) is 17.2 Å². The van der Waals surface area contributed by atoms with Gasteiger partial charge in [0.1, 0.15) is 0 Å². The number of halogens is 2. The first-order valence-corrected chi connectivity index (χ1v) is 8.90.